The van der Waals surface area contributed by atoms with E-state index in [0.717, 1.165) is 12.8 Å². The molecule has 0 saturated heterocycles. The van der Waals surface area contributed by atoms with Crippen LogP contribution in [0.25, 0.3) is 0 Å². The van der Waals surface area contributed by atoms with Crippen LogP contribution in [0.15, 0.2) is 11.8 Å². The molecule has 0 amide bonds. The largest absolute Gasteiger partial charge is 1.00 e. The summed E-state index contributed by atoms with van der Waals surface area (Å²) in [5.41, 5.74) is 0. The normalized spacial score (nSPS) is 30.6. The van der Waals surface area contributed by atoms with Gasteiger partial charge in [-0.05, 0) is 25.2 Å². The molecular weight excluding hydrogens is 131 g/mol. The van der Waals surface area contributed by atoms with Crippen molar-refractivity contribution in [2.45, 2.75) is 39.0 Å². The van der Waals surface area contributed by atoms with Crippen LogP contribution in [0.5, 0.6) is 0 Å². The molecule has 0 aromatic heterocycles. The Hall–Kier alpha value is 0.137. The van der Waals surface area contributed by atoms with Gasteiger partial charge in [0.2, 0.25) is 0 Å². The van der Waals surface area contributed by atoms with Crippen molar-refractivity contribution in [1.29, 1.82) is 0 Å². The second kappa shape index (κ2) is 5.75. The Balaban J connectivity index is 0.000001000. The average molecular weight is 146 g/mol. The van der Waals surface area contributed by atoms with Gasteiger partial charge in [0.25, 0.3) is 0 Å². The minimum absolute atomic E-state index is 0. The molecule has 1 rings (SSSR count). The molecule has 0 unspecified atom stereocenters. The van der Waals surface area contributed by atoms with Crippen LogP contribution in [-0.4, -0.2) is 0 Å². The molecule has 0 aromatic rings. The van der Waals surface area contributed by atoms with Crippen molar-refractivity contribution in [3.8, 4) is 0 Å². The molecule has 58 valence electrons. The van der Waals surface area contributed by atoms with Crippen molar-refractivity contribution in [2.75, 3.05) is 0 Å². The molecule has 0 fully saturated rings. The first kappa shape index (κ1) is 11.1. The van der Waals surface area contributed by atoms with Gasteiger partial charge in [0.05, 0.1) is 0 Å². The summed E-state index contributed by atoms with van der Waals surface area (Å²) in [7, 11) is 0. The van der Waals surface area contributed by atoms with Crippen LogP contribution in [0.4, 0.5) is 0 Å². The van der Waals surface area contributed by atoms with E-state index in [4.69, 9.17) is 0 Å². The first-order valence-corrected chi connectivity index (χ1v) is 4.15. The Morgan fingerprint density at radius 3 is 2.91 bits per heavy atom. The van der Waals surface area contributed by atoms with Gasteiger partial charge in [-0.2, -0.15) is 0 Å². The van der Waals surface area contributed by atoms with Gasteiger partial charge in [0, 0.05) is 0 Å². The van der Waals surface area contributed by atoms with Crippen molar-refractivity contribution in [2.24, 2.45) is 5.92 Å². The molecule has 0 aliphatic heterocycles. The maximum atomic E-state index is 11.0. The van der Waals surface area contributed by atoms with Gasteiger partial charge >= 0.3 is 18.9 Å². The molecule has 1 aliphatic carbocycles. The Morgan fingerprint density at radius 1 is 1.45 bits per heavy atom. The van der Waals surface area contributed by atoms with Gasteiger partial charge in [0.15, 0.2) is 0 Å². The Labute approximate surface area is 81.1 Å². The molecule has 0 N–H and O–H groups in total. The summed E-state index contributed by atoms with van der Waals surface area (Å²) in [6.45, 7) is 2.16. The topological polar surface area (TPSA) is 23.1 Å². The minimum atomic E-state index is 0. The molecule has 0 saturated carbocycles. The predicted octanol–water partition coefficient (Wildman–Crippen LogP) is -1.17. The molecule has 2 heteroatoms. The summed E-state index contributed by atoms with van der Waals surface area (Å²) in [5, 5.41) is 11.0. The zero-order valence-electron chi connectivity index (χ0n) is 7.60. The number of allylic oxidation sites excluding steroid dienone is 2. The van der Waals surface area contributed by atoms with Crippen molar-refractivity contribution in [1.82, 2.24) is 0 Å². The molecule has 0 bridgehead atoms. The molecule has 1 nitrogen and oxygen atoms in total. The first-order valence-electron chi connectivity index (χ1n) is 4.15. The zero-order valence-corrected chi connectivity index (χ0v) is 7.60. The van der Waals surface area contributed by atoms with Crippen LogP contribution >= 0.6 is 0 Å². The van der Waals surface area contributed by atoms with Crippen molar-refractivity contribution in [3.05, 3.63) is 11.8 Å². The SMILES string of the molecule is C[C@@H]1CCCC/C=C(/[O-])C1.[Li+]. The molecule has 1 aliphatic rings. The fraction of sp³-hybridized carbons (Fsp3) is 0.778. The third-order valence-corrected chi connectivity index (χ3v) is 2.07. The van der Waals surface area contributed by atoms with Crippen LogP contribution in [0.2, 0.25) is 0 Å². The summed E-state index contributed by atoms with van der Waals surface area (Å²) in [5.74, 6) is 0.969. The summed E-state index contributed by atoms with van der Waals surface area (Å²) in [6, 6.07) is 0. The van der Waals surface area contributed by atoms with Gasteiger partial charge in [-0.15, -0.1) is 5.76 Å². The van der Waals surface area contributed by atoms with Crippen molar-refractivity contribution < 1.29 is 24.0 Å². The maximum Gasteiger partial charge on any atom is 1.00 e. The van der Waals surface area contributed by atoms with E-state index < -0.39 is 0 Å². The van der Waals surface area contributed by atoms with Crippen molar-refractivity contribution in [3.63, 3.8) is 0 Å². The smallest absolute Gasteiger partial charge is 0.876 e. The van der Waals surface area contributed by atoms with E-state index in [-0.39, 0.29) is 18.9 Å². The van der Waals surface area contributed by atoms with Gasteiger partial charge in [-0.25, -0.2) is 0 Å². The number of hydrogen-bond donors (Lipinski definition) is 0. The average Bonchev–Trinajstić information content (AvgIpc) is 1.83. The summed E-state index contributed by atoms with van der Waals surface area (Å²) < 4.78 is 0. The van der Waals surface area contributed by atoms with Crippen LogP contribution in [0.3, 0.4) is 0 Å². The molecule has 1 atom stereocenters. The minimum Gasteiger partial charge on any atom is -0.876 e. The molecule has 0 heterocycles. The third kappa shape index (κ3) is 4.56. The number of rotatable bonds is 0. The Kier molecular flexibility index (Phi) is 5.82. The molecule has 0 spiro atoms. The van der Waals surface area contributed by atoms with E-state index in [9.17, 15) is 5.11 Å². The van der Waals surface area contributed by atoms with Crippen LogP contribution in [0, 0.1) is 5.92 Å². The number of hydrogen-bond acceptors (Lipinski definition) is 1. The molecule has 0 radical (unpaired) electrons. The second-order valence-electron chi connectivity index (χ2n) is 3.26. The summed E-state index contributed by atoms with van der Waals surface area (Å²) in [4.78, 5) is 0. The first-order chi connectivity index (χ1) is 4.79. The van der Waals surface area contributed by atoms with Gasteiger partial charge in [0.1, 0.15) is 0 Å². The monoisotopic (exact) mass is 146 g/mol. The summed E-state index contributed by atoms with van der Waals surface area (Å²) >= 11 is 0. The van der Waals surface area contributed by atoms with E-state index >= 15 is 0 Å². The van der Waals surface area contributed by atoms with E-state index in [0.29, 0.717) is 11.7 Å². The standard InChI is InChI=1S/C9H16O.Li/c1-8-5-3-2-4-6-9(10)7-8;/h6,8,10H,2-5,7H2,1H3;/q;+1/p-1/b9-6+;/t8-;/m1./s1. The molecule has 0 aromatic carbocycles. The second-order valence-corrected chi connectivity index (χ2v) is 3.26. The fourth-order valence-electron chi connectivity index (χ4n) is 1.43. The van der Waals surface area contributed by atoms with Crippen molar-refractivity contribution >= 4 is 0 Å². The Morgan fingerprint density at radius 2 is 2.18 bits per heavy atom. The van der Waals surface area contributed by atoms with Crippen LogP contribution in [0.1, 0.15) is 39.0 Å². The quantitative estimate of drug-likeness (QED) is 0.395. The van der Waals surface area contributed by atoms with E-state index in [1.54, 1.807) is 0 Å². The predicted molar refractivity (Wildman–Crippen MR) is 40.3 cm³/mol. The van der Waals surface area contributed by atoms with Crippen LogP contribution in [-0.2, 0) is 0 Å². The molecule has 11 heavy (non-hydrogen) atoms. The Bertz CT molecular complexity index is 132. The van der Waals surface area contributed by atoms with Gasteiger partial charge in [-0.3, -0.25) is 0 Å². The van der Waals surface area contributed by atoms with E-state index in [1.807, 2.05) is 6.08 Å². The van der Waals surface area contributed by atoms with Gasteiger partial charge in [-0.1, -0.05) is 25.8 Å². The third-order valence-electron chi connectivity index (χ3n) is 2.07. The molecular formula is C9H15LiO. The fourth-order valence-corrected chi connectivity index (χ4v) is 1.43. The summed E-state index contributed by atoms with van der Waals surface area (Å²) in [6.07, 6.45) is 7.38. The van der Waals surface area contributed by atoms with Crippen LogP contribution < -0.4 is 24.0 Å². The van der Waals surface area contributed by atoms with E-state index in [2.05, 4.69) is 6.92 Å². The van der Waals surface area contributed by atoms with Gasteiger partial charge < -0.3 is 5.11 Å². The zero-order chi connectivity index (χ0) is 7.40. The van der Waals surface area contributed by atoms with E-state index in [1.165, 1.54) is 19.3 Å². The maximum absolute atomic E-state index is 11.0.